The summed E-state index contributed by atoms with van der Waals surface area (Å²) >= 11 is 10.4. The molecule has 0 nitrogen and oxygen atoms in total. The van der Waals surface area contributed by atoms with Crippen LogP contribution >= 0.6 is 23.2 Å². The predicted octanol–water partition coefficient (Wildman–Crippen LogP) is 3.45. The minimum atomic E-state index is -0.262. The molecule has 0 atom stereocenters. The van der Waals surface area contributed by atoms with E-state index in [9.17, 15) is 4.39 Å². The first-order chi connectivity index (χ1) is 4.31. The summed E-state index contributed by atoms with van der Waals surface area (Å²) in [5.41, 5.74) is 0.966. The molecule has 0 aliphatic carbocycles. The first-order valence-electron chi connectivity index (χ1n) is 2.82. The average Bonchev–Trinajstić information content (AvgIpc) is 1.89. The van der Waals surface area contributed by atoms with Gasteiger partial charge in [0.15, 0.2) is 0 Å². The van der Waals surface area contributed by atoms with E-state index in [1.807, 2.05) is 0 Å². The van der Waals surface area contributed by atoms with Crippen LogP contribution in [0.5, 0.6) is 0 Å². The topological polar surface area (TPSA) is 0 Å². The molecule has 0 amide bonds. The standard InChI is InChI=1S/C6H9Cl2F/c7-4-2-1-3-6(9)5-8/h5H,1-4H2. The molecule has 0 unspecified atom stereocenters. The van der Waals surface area contributed by atoms with Crippen molar-refractivity contribution in [2.45, 2.75) is 19.3 Å². The number of halogens is 3. The van der Waals surface area contributed by atoms with E-state index in [1.165, 1.54) is 0 Å². The molecule has 0 bridgehead atoms. The molecule has 0 spiro atoms. The fraction of sp³-hybridized carbons (Fsp3) is 0.667. The summed E-state index contributed by atoms with van der Waals surface area (Å²) in [6.45, 7) is 0. The highest BCUT2D eigenvalue weighted by molar-refractivity contribution is 6.25. The molecule has 0 aliphatic rings. The minimum Gasteiger partial charge on any atom is -0.211 e. The largest absolute Gasteiger partial charge is 0.211 e. The van der Waals surface area contributed by atoms with Crippen molar-refractivity contribution >= 4 is 23.2 Å². The fourth-order valence-electron chi connectivity index (χ4n) is 0.443. The summed E-state index contributed by atoms with van der Waals surface area (Å²) in [6.07, 6.45) is 2.04. The Morgan fingerprint density at radius 2 is 2.11 bits per heavy atom. The van der Waals surface area contributed by atoms with Crippen LogP contribution in [0, 0.1) is 0 Å². The van der Waals surface area contributed by atoms with Gasteiger partial charge in [0.05, 0.1) is 0 Å². The van der Waals surface area contributed by atoms with Crippen molar-refractivity contribution in [2.75, 3.05) is 5.88 Å². The Kier molecular flexibility index (Phi) is 6.55. The summed E-state index contributed by atoms with van der Waals surface area (Å²) in [5.74, 6) is 0.331. The second kappa shape index (κ2) is 6.37. The summed E-state index contributed by atoms with van der Waals surface area (Å²) in [6, 6.07) is 0. The number of rotatable bonds is 4. The van der Waals surface area contributed by atoms with Crippen LogP contribution in [0.4, 0.5) is 4.39 Å². The van der Waals surface area contributed by atoms with Crippen LogP contribution in [0.3, 0.4) is 0 Å². The second-order valence-corrected chi connectivity index (χ2v) is 2.30. The van der Waals surface area contributed by atoms with Crippen LogP contribution < -0.4 is 0 Å². The summed E-state index contributed by atoms with van der Waals surface area (Å²) in [5, 5.41) is 0. The van der Waals surface area contributed by atoms with E-state index < -0.39 is 0 Å². The molecule has 9 heavy (non-hydrogen) atoms. The molecule has 0 N–H and O–H groups in total. The lowest BCUT2D eigenvalue weighted by molar-refractivity contribution is 0.573. The van der Waals surface area contributed by atoms with Crippen LogP contribution in [0.15, 0.2) is 11.4 Å². The third-order valence-electron chi connectivity index (χ3n) is 0.918. The lowest BCUT2D eigenvalue weighted by atomic mass is 10.2. The first kappa shape index (κ1) is 9.25. The molecule has 3 heteroatoms. The van der Waals surface area contributed by atoms with Crippen molar-refractivity contribution in [1.29, 1.82) is 0 Å². The van der Waals surface area contributed by atoms with Gasteiger partial charge in [-0.3, -0.25) is 0 Å². The Morgan fingerprint density at radius 3 is 2.56 bits per heavy atom. The van der Waals surface area contributed by atoms with Crippen LogP contribution in [-0.4, -0.2) is 5.88 Å². The van der Waals surface area contributed by atoms with Gasteiger partial charge in [-0.25, -0.2) is 4.39 Å². The molecule has 0 saturated carbocycles. The second-order valence-electron chi connectivity index (χ2n) is 1.70. The molecule has 0 heterocycles. The van der Waals surface area contributed by atoms with Gasteiger partial charge in [0.2, 0.25) is 0 Å². The van der Waals surface area contributed by atoms with Crippen molar-refractivity contribution < 1.29 is 4.39 Å². The molecule has 0 aromatic heterocycles. The molecular weight excluding hydrogens is 162 g/mol. The zero-order valence-corrected chi connectivity index (χ0v) is 6.55. The van der Waals surface area contributed by atoms with Crippen molar-refractivity contribution in [3.63, 3.8) is 0 Å². The van der Waals surface area contributed by atoms with Gasteiger partial charge >= 0.3 is 0 Å². The lowest BCUT2D eigenvalue weighted by Gasteiger charge is -1.92. The molecule has 0 rings (SSSR count). The number of allylic oxidation sites excluding steroid dienone is 1. The first-order valence-corrected chi connectivity index (χ1v) is 3.79. The molecule has 0 fully saturated rings. The number of unbranched alkanes of at least 4 members (excludes halogenated alkanes) is 1. The highest BCUT2D eigenvalue weighted by Gasteiger charge is 1.91. The molecule has 0 saturated heterocycles. The van der Waals surface area contributed by atoms with Crippen molar-refractivity contribution in [2.24, 2.45) is 0 Å². The zero-order valence-electron chi connectivity index (χ0n) is 5.04. The molecule has 0 radical (unpaired) electrons. The van der Waals surface area contributed by atoms with E-state index in [4.69, 9.17) is 23.2 Å². The SMILES string of the molecule is FC(=CCl)CCCCCl. The van der Waals surface area contributed by atoms with Crippen molar-refractivity contribution in [3.8, 4) is 0 Å². The Hall–Kier alpha value is 0.250. The van der Waals surface area contributed by atoms with Crippen molar-refractivity contribution in [1.82, 2.24) is 0 Å². The Balaban J connectivity index is 3.07. The molecule has 0 aliphatic heterocycles. The van der Waals surface area contributed by atoms with E-state index in [0.29, 0.717) is 12.3 Å². The molecular formula is C6H9Cl2F. The molecule has 54 valence electrons. The van der Waals surface area contributed by atoms with E-state index in [-0.39, 0.29) is 5.83 Å². The van der Waals surface area contributed by atoms with Gasteiger partial charge < -0.3 is 0 Å². The highest BCUT2D eigenvalue weighted by atomic mass is 35.5. The van der Waals surface area contributed by atoms with Gasteiger partial charge in [0.25, 0.3) is 0 Å². The Bertz CT molecular complexity index is 91.1. The maximum absolute atomic E-state index is 12.1. The van der Waals surface area contributed by atoms with Crippen LogP contribution in [0.25, 0.3) is 0 Å². The average molecular weight is 171 g/mol. The predicted molar refractivity (Wildman–Crippen MR) is 39.6 cm³/mol. The third kappa shape index (κ3) is 6.13. The quantitative estimate of drug-likeness (QED) is 0.448. The van der Waals surface area contributed by atoms with Gasteiger partial charge in [-0.05, 0) is 12.8 Å². The van der Waals surface area contributed by atoms with Gasteiger partial charge in [0, 0.05) is 17.8 Å². The Morgan fingerprint density at radius 1 is 1.44 bits per heavy atom. The smallest absolute Gasteiger partial charge is 0.111 e. The number of hydrogen-bond donors (Lipinski definition) is 0. The fourth-order valence-corrected chi connectivity index (χ4v) is 0.741. The summed E-state index contributed by atoms with van der Waals surface area (Å²) in [4.78, 5) is 0. The zero-order chi connectivity index (χ0) is 7.11. The summed E-state index contributed by atoms with van der Waals surface area (Å²) in [7, 11) is 0. The summed E-state index contributed by atoms with van der Waals surface area (Å²) < 4.78 is 12.1. The lowest BCUT2D eigenvalue weighted by Crippen LogP contribution is -1.77. The van der Waals surface area contributed by atoms with Gasteiger partial charge in [-0.1, -0.05) is 11.6 Å². The maximum atomic E-state index is 12.1. The molecule has 0 aromatic rings. The van der Waals surface area contributed by atoms with Crippen LogP contribution in [0.2, 0.25) is 0 Å². The van der Waals surface area contributed by atoms with Crippen molar-refractivity contribution in [3.05, 3.63) is 11.4 Å². The van der Waals surface area contributed by atoms with Gasteiger partial charge in [-0.2, -0.15) is 0 Å². The van der Waals surface area contributed by atoms with E-state index in [0.717, 1.165) is 18.4 Å². The van der Waals surface area contributed by atoms with Gasteiger partial charge in [-0.15, -0.1) is 11.6 Å². The third-order valence-corrected chi connectivity index (χ3v) is 1.42. The normalized spacial score (nSPS) is 12.1. The minimum absolute atomic E-state index is 0.262. The number of hydrogen-bond acceptors (Lipinski definition) is 0. The van der Waals surface area contributed by atoms with E-state index in [1.54, 1.807) is 0 Å². The Labute approximate surface area is 64.6 Å². The molecule has 0 aromatic carbocycles. The number of alkyl halides is 1. The van der Waals surface area contributed by atoms with Crippen LogP contribution in [-0.2, 0) is 0 Å². The van der Waals surface area contributed by atoms with E-state index >= 15 is 0 Å². The monoisotopic (exact) mass is 170 g/mol. The van der Waals surface area contributed by atoms with E-state index in [2.05, 4.69) is 0 Å². The van der Waals surface area contributed by atoms with Crippen LogP contribution in [0.1, 0.15) is 19.3 Å². The highest BCUT2D eigenvalue weighted by Crippen LogP contribution is 2.09. The maximum Gasteiger partial charge on any atom is 0.111 e. The van der Waals surface area contributed by atoms with Gasteiger partial charge in [0.1, 0.15) is 5.83 Å².